The van der Waals surface area contributed by atoms with E-state index >= 15 is 0 Å². The molecule has 0 aromatic heterocycles. The molecule has 0 aromatic rings. The highest BCUT2D eigenvalue weighted by atomic mass is 15.2. The van der Waals surface area contributed by atoms with Crippen LogP contribution < -0.4 is 5.73 Å². The second-order valence-corrected chi connectivity index (χ2v) is 6.89. The van der Waals surface area contributed by atoms with Gasteiger partial charge in [0.25, 0.3) is 0 Å². The van der Waals surface area contributed by atoms with Gasteiger partial charge < -0.3 is 10.6 Å². The van der Waals surface area contributed by atoms with E-state index in [4.69, 9.17) is 5.73 Å². The van der Waals surface area contributed by atoms with Crippen LogP contribution in [0.25, 0.3) is 0 Å². The van der Waals surface area contributed by atoms with Crippen LogP contribution in [0.2, 0.25) is 0 Å². The lowest BCUT2D eigenvalue weighted by atomic mass is 9.92. The predicted octanol–water partition coefficient (Wildman–Crippen LogP) is 2.41. The lowest BCUT2D eigenvalue weighted by Crippen LogP contribution is -2.47. The molecule has 2 N–H and O–H groups in total. The SMILES string of the molecule is CC(C)CN(CCN(C)C)C1CCCCCC1CN. The van der Waals surface area contributed by atoms with Gasteiger partial charge in [-0.3, -0.25) is 4.90 Å². The molecule has 0 bridgehead atoms. The summed E-state index contributed by atoms with van der Waals surface area (Å²) in [7, 11) is 4.34. The van der Waals surface area contributed by atoms with Crippen molar-refractivity contribution in [2.75, 3.05) is 40.3 Å². The van der Waals surface area contributed by atoms with Crippen LogP contribution in [0.15, 0.2) is 0 Å². The molecule has 0 amide bonds. The highest BCUT2D eigenvalue weighted by Gasteiger charge is 2.28. The van der Waals surface area contributed by atoms with Crippen molar-refractivity contribution in [2.24, 2.45) is 17.6 Å². The van der Waals surface area contributed by atoms with Gasteiger partial charge in [0.05, 0.1) is 0 Å². The van der Waals surface area contributed by atoms with Gasteiger partial charge in [0.1, 0.15) is 0 Å². The van der Waals surface area contributed by atoms with Crippen LogP contribution in [0, 0.1) is 11.8 Å². The van der Waals surface area contributed by atoms with Crippen molar-refractivity contribution < 1.29 is 0 Å². The molecule has 3 heteroatoms. The molecule has 0 saturated heterocycles. The standard InChI is InChI=1S/C16H35N3/c1-14(2)13-19(11-10-18(3)4)16-9-7-5-6-8-15(16)12-17/h14-16H,5-13,17H2,1-4H3. The van der Waals surface area contributed by atoms with Gasteiger partial charge in [-0.15, -0.1) is 0 Å². The van der Waals surface area contributed by atoms with Crippen LogP contribution in [-0.4, -0.2) is 56.1 Å². The van der Waals surface area contributed by atoms with Crippen LogP contribution in [0.5, 0.6) is 0 Å². The molecule has 19 heavy (non-hydrogen) atoms. The smallest absolute Gasteiger partial charge is 0.0136 e. The molecule has 2 atom stereocenters. The topological polar surface area (TPSA) is 32.5 Å². The average Bonchev–Trinajstić information content (AvgIpc) is 2.58. The Hall–Kier alpha value is -0.120. The normalized spacial score (nSPS) is 25.3. The number of likely N-dealkylation sites (N-methyl/N-ethyl adjacent to an activating group) is 1. The number of rotatable bonds is 7. The van der Waals surface area contributed by atoms with Crippen molar-refractivity contribution in [1.29, 1.82) is 0 Å². The average molecular weight is 269 g/mol. The maximum atomic E-state index is 6.05. The first kappa shape index (κ1) is 16.9. The second kappa shape index (κ2) is 8.93. The second-order valence-electron chi connectivity index (χ2n) is 6.89. The number of hydrogen-bond donors (Lipinski definition) is 1. The summed E-state index contributed by atoms with van der Waals surface area (Å²) in [6, 6.07) is 0.717. The lowest BCUT2D eigenvalue weighted by molar-refractivity contribution is 0.111. The van der Waals surface area contributed by atoms with Gasteiger partial charge in [-0.1, -0.05) is 33.1 Å². The minimum atomic E-state index is 0.711. The fourth-order valence-corrected chi connectivity index (χ4v) is 3.31. The van der Waals surface area contributed by atoms with Gasteiger partial charge in [-0.25, -0.2) is 0 Å². The molecular weight excluding hydrogens is 234 g/mol. The van der Waals surface area contributed by atoms with Gasteiger partial charge in [0.15, 0.2) is 0 Å². The Kier molecular flexibility index (Phi) is 7.96. The molecule has 1 aliphatic carbocycles. The third-order valence-electron chi connectivity index (χ3n) is 4.32. The van der Waals surface area contributed by atoms with Gasteiger partial charge in [0, 0.05) is 25.7 Å². The number of nitrogens with two attached hydrogens (primary N) is 1. The third-order valence-corrected chi connectivity index (χ3v) is 4.32. The van der Waals surface area contributed by atoms with Gasteiger partial charge in [-0.2, -0.15) is 0 Å². The highest BCUT2D eigenvalue weighted by Crippen LogP contribution is 2.27. The van der Waals surface area contributed by atoms with Crippen molar-refractivity contribution >= 4 is 0 Å². The first-order chi connectivity index (χ1) is 9.04. The summed E-state index contributed by atoms with van der Waals surface area (Å²) < 4.78 is 0. The van der Waals surface area contributed by atoms with Gasteiger partial charge in [0.2, 0.25) is 0 Å². The Morgan fingerprint density at radius 1 is 1.05 bits per heavy atom. The summed E-state index contributed by atoms with van der Waals surface area (Å²) in [5, 5.41) is 0. The van der Waals surface area contributed by atoms with E-state index in [-0.39, 0.29) is 0 Å². The molecule has 2 unspecified atom stereocenters. The van der Waals surface area contributed by atoms with E-state index in [1.54, 1.807) is 0 Å². The van der Waals surface area contributed by atoms with Gasteiger partial charge in [-0.05, 0) is 45.3 Å². The predicted molar refractivity (Wildman–Crippen MR) is 84.4 cm³/mol. The van der Waals surface area contributed by atoms with Crippen molar-refractivity contribution in [3.05, 3.63) is 0 Å². The van der Waals surface area contributed by atoms with E-state index in [0.29, 0.717) is 5.92 Å². The van der Waals surface area contributed by atoms with Crippen LogP contribution in [-0.2, 0) is 0 Å². The minimum Gasteiger partial charge on any atom is -0.330 e. The Labute approximate surface area is 120 Å². The first-order valence-corrected chi connectivity index (χ1v) is 8.13. The summed E-state index contributed by atoms with van der Waals surface area (Å²) in [5.74, 6) is 1.45. The highest BCUT2D eigenvalue weighted by molar-refractivity contribution is 4.83. The Morgan fingerprint density at radius 2 is 1.74 bits per heavy atom. The summed E-state index contributed by atoms with van der Waals surface area (Å²) >= 11 is 0. The summed E-state index contributed by atoms with van der Waals surface area (Å²) in [6.45, 7) is 9.08. The van der Waals surface area contributed by atoms with Gasteiger partial charge >= 0.3 is 0 Å². The molecule has 1 rings (SSSR count). The van der Waals surface area contributed by atoms with Crippen LogP contribution >= 0.6 is 0 Å². The fourth-order valence-electron chi connectivity index (χ4n) is 3.31. The van der Waals surface area contributed by atoms with E-state index < -0.39 is 0 Å². The monoisotopic (exact) mass is 269 g/mol. The van der Waals surface area contributed by atoms with E-state index in [1.807, 2.05) is 0 Å². The summed E-state index contributed by atoms with van der Waals surface area (Å²) in [6.07, 6.45) is 6.84. The zero-order chi connectivity index (χ0) is 14.3. The zero-order valence-corrected chi connectivity index (χ0v) is 13.6. The molecule has 1 aliphatic rings. The van der Waals surface area contributed by atoms with Crippen molar-refractivity contribution in [1.82, 2.24) is 9.80 Å². The quantitative estimate of drug-likeness (QED) is 0.721. The van der Waals surface area contributed by atoms with Crippen molar-refractivity contribution in [3.8, 4) is 0 Å². The number of hydrogen-bond acceptors (Lipinski definition) is 3. The maximum absolute atomic E-state index is 6.05. The molecular formula is C16H35N3. The molecule has 0 aromatic carbocycles. The summed E-state index contributed by atoms with van der Waals surface area (Å²) in [5.41, 5.74) is 6.05. The molecule has 114 valence electrons. The van der Waals surface area contributed by atoms with Crippen molar-refractivity contribution in [3.63, 3.8) is 0 Å². The Balaban J connectivity index is 2.67. The Bertz CT molecular complexity index is 228. The third kappa shape index (κ3) is 6.24. The number of nitrogens with zero attached hydrogens (tertiary/aromatic N) is 2. The van der Waals surface area contributed by atoms with Crippen LogP contribution in [0.4, 0.5) is 0 Å². The molecule has 0 aliphatic heterocycles. The maximum Gasteiger partial charge on any atom is 0.0136 e. The molecule has 1 saturated carbocycles. The molecule has 3 nitrogen and oxygen atoms in total. The van der Waals surface area contributed by atoms with Crippen LogP contribution in [0.3, 0.4) is 0 Å². The molecule has 0 heterocycles. The van der Waals surface area contributed by atoms with E-state index in [1.165, 1.54) is 45.2 Å². The molecule has 1 fully saturated rings. The summed E-state index contributed by atoms with van der Waals surface area (Å²) in [4.78, 5) is 5.02. The lowest BCUT2D eigenvalue weighted by Gasteiger charge is -2.37. The van der Waals surface area contributed by atoms with Crippen molar-refractivity contribution in [2.45, 2.75) is 52.0 Å². The largest absolute Gasteiger partial charge is 0.330 e. The van der Waals surface area contributed by atoms with E-state index in [2.05, 4.69) is 37.7 Å². The zero-order valence-electron chi connectivity index (χ0n) is 13.6. The van der Waals surface area contributed by atoms with Crippen LogP contribution in [0.1, 0.15) is 46.0 Å². The van der Waals surface area contributed by atoms with E-state index in [9.17, 15) is 0 Å². The van der Waals surface area contributed by atoms with E-state index in [0.717, 1.165) is 25.0 Å². The first-order valence-electron chi connectivity index (χ1n) is 8.13. The Morgan fingerprint density at radius 3 is 2.32 bits per heavy atom. The molecule has 0 radical (unpaired) electrons. The fraction of sp³-hybridized carbons (Fsp3) is 1.00. The minimum absolute atomic E-state index is 0.711. The molecule has 0 spiro atoms.